The molecule has 0 aromatic heterocycles. The zero-order chi connectivity index (χ0) is 33.9. The van der Waals surface area contributed by atoms with Crippen LogP contribution in [-0.2, 0) is 22.4 Å². The Kier molecular flexibility index (Phi) is 11.9. The first-order chi connectivity index (χ1) is 23.4. The largest absolute Gasteiger partial charge is 0.496 e. The molecular formula is C42H44O6. The summed E-state index contributed by atoms with van der Waals surface area (Å²) in [5, 5.41) is 0. The van der Waals surface area contributed by atoms with Crippen LogP contribution < -0.4 is 18.9 Å². The minimum Gasteiger partial charge on any atom is -0.496 e. The summed E-state index contributed by atoms with van der Waals surface area (Å²) < 4.78 is 22.9. The number of rotatable bonds is 4. The fourth-order valence-corrected chi connectivity index (χ4v) is 6.12. The van der Waals surface area contributed by atoms with Crippen LogP contribution in [0.1, 0.15) is 60.8 Å². The molecule has 0 saturated heterocycles. The second-order valence-electron chi connectivity index (χ2n) is 12.0. The zero-order valence-electron chi connectivity index (χ0n) is 28.3. The molecule has 48 heavy (non-hydrogen) atoms. The van der Waals surface area contributed by atoms with Gasteiger partial charge in [0.05, 0.1) is 28.4 Å². The number of benzene rings is 4. The molecule has 0 unspecified atom stereocenters. The lowest BCUT2D eigenvalue weighted by Crippen LogP contribution is -1.97. The minimum absolute atomic E-state index is 0.0943. The molecule has 0 amide bonds. The molecule has 1 aliphatic rings. The number of hydrogen-bond donors (Lipinski definition) is 0. The number of allylic oxidation sites excluding steroid dienone is 2. The lowest BCUT2D eigenvalue weighted by molar-refractivity contribution is -0.115. The number of hydrogen-bond acceptors (Lipinski definition) is 6. The number of carbonyl (C=O) groups excluding carboxylic acids is 2. The normalized spacial score (nSPS) is 15.7. The molecule has 8 bridgehead atoms. The molecule has 4 aromatic rings. The van der Waals surface area contributed by atoms with Gasteiger partial charge >= 0.3 is 0 Å². The van der Waals surface area contributed by atoms with Crippen molar-refractivity contribution in [1.29, 1.82) is 0 Å². The van der Waals surface area contributed by atoms with Crippen molar-refractivity contribution in [3.05, 3.63) is 107 Å². The summed E-state index contributed by atoms with van der Waals surface area (Å²) in [5.74, 6) is 3.13. The highest BCUT2D eigenvalue weighted by Gasteiger charge is 2.15. The lowest BCUT2D eigenvalue weighted by atomic mass is 9.96. The lowest BCUT2D eigenvalue weighted by Gasteiger charge is -2.15. The zero-order valence-corrected chi connectivity index (χ0v) is 28.3. The average Bonchev–Trinajstić information content (AvgIpc) is 3.12. The van der Waals surface area contributed by atoms with Crippen LogP contribution in [-0.4, -0.2) is 40.0 Å². The molecular weight excluding hydrogens is 600 g/mol. The summed E-state index contributed by atoms with van der Waals surface area (Å²) in [4.78, 5) is 25.7. The second kappa shape index (κ2) is 16.6. The van der Waals surface area contributed by atoms with Crippen molar-refractivity contribution >= 4 is 23.7 Å². The first kappa shape index (κ1) is 34.2. The number of ether oxygens (including phenoxy) is 4. The third-order valence-electron chi connectivity index (χ3n) is 8.76. The molecule has 6 nitrogen and oxygen atoms in total. The van der Waals surface area contributed by atoms with Gasteiger partial charge in [0, 0.05) is 35.1 Å². The second-order valence-corrected chi connectivity index (χ2v) is 12.0. The maximum atomic E-state index is 12.9. The summed E-state index contributed by atoms with van der Waals surface area (Å²) in [7, 11) is 6.64. The molecule has 5 rings (SSSR count). The molecule has 0 radical (unpaired) electrons. The van der Waals surface area contributed by atoms with E-state index in [1.165, 1.54) is 0 Å². The molecule has 0 aliphatic heterocycles. The Hall–Kier alpha value is -5.10. The van der Waals surface area contributed by atoms with Gasteiger partial charge in [-0.25, -0.2) is 0 Å². The quantitative estimate of drug-likeness (QED) is 0.221. The fraction of sp³-hybridized carbons (Fsp3) is 0.286. The average molecular weight is 645 g/mol. The smallest absolute Gasteiger partial charge is 0.155 e. The van der Waals surface area contributed by atoms with Gasteiger partial charge < -0.3 is 18.9 Å². The van der Waals surface area contributed by atoms with Gasteiger partial charge in [0.25, 0.3) is 0 Å². The van der Waals surface area contributed by atoms with Crippen LogP contribution in [0.2, 0.25) is 0 Å². The first-order valence-electron chi connectivity index (χ1n) is 16.5. The fourth-order valence-electron chi connectivity index (χ4n) is 6.12. The Morgan fingerprint density at radius 3 is 1.10 bits per heavy atom. The van der Waals surface area contributed by atoms with Crippen LogP contribution in [0.25, 0.3) is 34.4 Å². The summed E-state index contributed by atoms with van der Waals surface area (Å²) in [6.45, 7) is 0. The maximum absolute atomic E-state index is 12.9. The van der Waals surface area contributed by atoms with Crippen LogP contribution in [0.4, 0.5) is 0 Å². The predicted octanol–water partition coefficient (Wildman–Crippen LogP) is 9.36. The Bertz CT molecular complexity index is 1680. The summed E-state index contributed by atoms with van der Waals surface area (Å²) >= 11 is 0. The van der Waals surface area contributed by atoms with E-state index in [1.54, 1.807) is 40.6 Å². The number of fused-ring (bicyclic) bond motifs is 10. The van der Waals surface area contributed by atoms with Gasteiger partial charge in [-0.3, -0.25) is 9.59 Å². The van der Waals surface area contributed by atoms with Crippen LogP contribution in [0.15, 0.2) is 84.9 Å². The van der Waals surface area contributed by atoms with Crippen LogP contribution in [0.5, 0.6) is 23.0 Å². The van der Waals surface area contributed by atoms with Gasteiger partial charge in [-0.15, -0.1) is 0 Å². The molecule has 0 saturated carbocycles. The monoisotopic (exact) mass is 644 g/mol. The van der Waals surface area contributed by atoms with Gasteiger partial charge in [-0.05, 0) is 121 Å². The molecule has 0 atom stereocenters. The third-order valence-corrected chi connectivity index (χ3v) is 8.76. The highest BCUT2D eigenvalue weighted by Crippen LogP contribution is 2.39. The molecule has 0 N–H and O–H groups in total. The highest BCUT2D eigenvalue weighted by atomic mass is 16.5. The van der Waals surface area contributed by atoms with Crippen molar-refractivity contribution in [2.75, 3.05) is 28.4 Å². The van der Waals surface area contributed by atoms with E-state index < -0.39 is 0 Å². The van der Waals surface area contributed by atoms with E-state index in [2.05, 4.69) is 24.3 Å². The Balaban J connectivity index is 1.46. The van der Waals surface area contributed by atoms with E-state index in [9.17, 15) is 9.59 Å². The van der Waals surface area contributed by atoms with Gasteiger partial charge in [-0.2, -0.15) is 0 Å². The van der Waals surface area contributed by atoms with E-state index in [0.29, 0.717) is 12.8 Å². The molecule has 4 aromatic carbocycles. The number of ketones is 2. The van der Waals surface area contributed by atoms with E-state index in [0.717, 1.165) is 106 Å². The van der Waals surface area contributed by atoms with Crippen molar-refractivity contribution in [1.82, 2.24) is 0 Å². The summed E-state index contributed by atoms with van der Waals surface area (Å²) in [5.41, 5.74) is 7.76. The van der Waals surface area contributed by atoms with Gasteiger partial charge in [0.2, 0.25) is 0 Å². The topological polar surface area (TPSA) is 71.1 Å². The van der Waals surface area contributed by atoms with E-state index in [-0.39, 0.29) is 11.6 Å². The highest BCUT2D eigenvalue weighted by molar-refractivity contribution is 5.94. The van der Waals surface area contributed by atoms with Crippen molar-refractivity contribution in [3.8, 4) is 45.3 Å². The Morgan fingerprint density at radius 2 is 0.729 bits per heavy atom. The molecule has 0 spiro atoms. The SMILES string of the molecule is COc1ccc2cc1-c1cc(ccc1OC)CCCCC(=O)/C=C/c1ccc(OC)c(c1)-c1cc(ccc1OC)CCCCC(=O)/C=C/2. The van der Waals surface area contributed by atoms with E-state index in [4.69, 9.17) is 18.9 Å². The third kappa shape index (κ3) is 8.62. The Labute approximate surface area is 284 Å². The van der Waals surface area contributed by atoms with Crippen molar-refractivity contribution < 1.29 is 28.5 Å². The van der Waals surface area contributed by atoms with Crippen LogP contribution in [0, 0.1) is 0 Å². The summed E-state index contributed by atoms with van der Waals surface area (Å²) in [6.07, 6.45) is 13.0. The van der Waals surface area contributed by atoms with Gasteiger partial charge in [0.1, 0.15) is 23.0 Å². The van der Waals surface area contributed by atoms with Crippen molar-refractivity contribution in [2.45, 2.75) is 51.4 Å². The number of aryl methyl sites for hydroxylation is 2. The molecule has 0 fully saturated rings. The van der Waals surface area contributed by atoms with Crippen LogP contribution in [0.3, 0.4) is 0 Å². The molecule has 0 heterocycles. The first-order valence-corrected chi connectivity index (χ1v) is 16.5. The Morgan fingerprint density at radius 1 is 0.396 bits per heavy atom. The predicted molar refractivity (Wildman–Crippen MR) is 193 cm³/mol. The summed E-state index contributed by atoms with van der Waals surface area (Å²) in [6, 6.07) is 24.2. The molecule has 6 heteroatoms. The number of methoxy groups -OCH3 is 4. The van der Waals surface area contributed by atoms with E-state index >= 15 is 0 Å². The number of carbonyl (C=O) groups is 2. The standard InChI is InChI=1S/C42H44O6/c1-45-39-21-15-29-9-5-7-11-34(44)20-14-32-18-24-42(48-4)38(28-32)36-26-30(16-22-40(36)46-2)10-6-8-12-33(43)19-13-31-17-23-41(47-3)37(27-31)35(39)25-29/h13-28H,5-12H2,1-4H3/b19-13+,20-14+. The van der Waals surface area contributed by atoms with Gasteiger partial charge in [-0.1, -0.05) is 36.4 Å². The van der Waals surface area contributed by atoms with E-state index in [1.807, 2.05) is 60.7 Å². The maximum Gasteiger partial charge on any atom is 0.155 e. The molecule has 248 valence electrons. The van der Waals surface area contributed by atoms with Crippen LogP contribution >= 0.6 is 0 Å². The van der Waals surface area contributed by atoms with Crippen molar-refractivity contribution in [3.63, 3.8) is 0 Å². The van der Waals surface area contributed by atoms with Gasteiger partial charge in [0.15, 0.2) is 11.6 Å². The minimum atomic E-state index is 0.0943. The molecule has 1 aliphatic carbocycles. The van der Waals surface area contributed by atoms with Crippen molar-refractivity contribution in [2.24, 2.45) is 0 Å².